The van der Waals surface area contributed by atoms with Gasteiger partial charge < -0.3 is 4.74 Å². The number of nitro benzene ring substituents is 1. The summed E-state index contributed by atoms with van der Waals surface area (Å²) in [4.78, 5) is 38.3. The number of nitrogens with zero attached hydrogens (tertiary/aromatic N) is 4. The molecule has 10 heteroatoms. The molecule has 0 unspecified atom stereocenters. The quantitative estimate of drug-likeness (QED) is 0.291. The molecule has 0 saturated heterocycles. The van der Waals surface area contributed by atoms with E-state index >= 15 is 0 Å². The van der Waals surface area contributed by atoms with Gasteiger partial charge in [0, 0.05) is 30.0 Å². The lowest BCUT2D eigenvalue weighted by Crippen LogP contribution is -2.14. The number of ether oxygens (including phenoxy) is 1. The molecule has 1 aromatic carbocycles. The molecule has 3 rings (SSSR count). The highest BCUT2D eigenvalue weighted by atomic mass is 32.1. The van der Waals surface area contributed by atoms with Gasteiger partial charge >= 0.3 is 5.97 Å². The standard InChI is InChI=1S/C16H12N4O5S/c1-10-8-14(21)19-16(17-10)26-13(18-19)9-25-15(22)7-4-11-2-5-12(6-3-11)20(23)24/h2-8H,9H2,1H3/b7-4+. The lowest BCUT2D eigenvalue weighted by Gasteiger charge is -1.97. The number of non-ortho nitro benzene ring substituents is 1. The van der Waals surface area contributed by atoms with Crippen molar-refractivity contribution in [2.75, 3.05) is 0 Å². The van der Waals surface area contributed by atoms with Gasteiger partial charge in [-0.2, -0.15) is 9.61 Å². The number of nitro groups is 1. The smallest absolute Gasteiger partial charge is 0.331 e. The minimum absolute atomic E-state index is 0.0281. The molecule has 0 atom stereocenters. The van der Waals surface area contributed by atoms with Crippen LogP contribution < -0.4 is 5.56 Å². The molecule has 0 bridgehead atoms. The number of rotatable bonds is 5. The lowest BCUT2D eigenvalue weighted by atomic mass is 10.2. The van der Waals surface area contributed by atoms with E-state index in [4.69, 9.17) is 4.74 Å². The third kappa shape index (κ3) is 3.98. The van der Waals surface area contributed by atoms with Crippen molar-refractivity contribution in [2.24, 2.45) is 0 Å². The molecule has 0 fully saturated rings. The molecule has 0 aliphatic rings. The summed E-state index contributed by atoms with van der Waals surface area (Å²) in [6, 6.07) is 7.11. The molecule has 3 aromatic rings. The van der Waals surface area contributed by atoms with E-state index in [9.17, 15) is 19.7 Å². The SMILES string of the molecule is Cc1cc(=O)n2nc(COC(=O)/C=C/c3ccc([N+](=O)[O-])cc3)sc2n1. The number of hydrogen-bond donors (Lipinski definition) is 0. The predicted molar refractivity (Wildman–Crippen MR) is 93.8 cm³/mol. The van der Waals surface area contributed by atoms with Crippen LogP contribution in [0, 0.1) is 17.0 Å². The number of fused-ring (bicyclic) bond motifs is 1. The van der Waals surface area contributed by atoms with Crippen molar-refractivity contribution in [3.63, 3.8) is 0 Å². The average molecular weight is 372 g/mol. The third-order valence-corrected chi connectivity index (χ3v) is 4.15. The lowest BCUT2D eigenvalue weighted by molar-refractivity contribution is -0.384. The highest BCUT2D eigenvalue weighted by Crippen LogP contribution is 2.14. The van der Waals surface area contributed by atoms with Crippen molar-refractivity contribution >= 4 is 34.0 Å². The number of carbonyl (C=O) groups is 1. The van der Waals surface area contributed by atoms with Gasteiger partial charge in [-0.25, -0.2) is 9.78 Å². The van der Waals surface area contributed by atoms with Crippen LogP contribution in [0.5, 0.6) is 0 Å². The monoisotopic (exact) mass is 372 g/mol. The van der Waals surface area contributed by atoms with E-state index in [1.165, 1.54) is 42.5 Å². The second-order valence-electron chi connectivity index (χ2n) is 5.22. The molecule has 2 heterocycles. The Morgan fingerprint density at radius 1 is 1.38 bits per heavy atom. The number of esters is 1. The van der Waals surface area contributed by atoms with Gasteiger partial charge in [0.15, 0.2) is 5.01 Å². The van der Waals surface area contributed by atoms with E-state index in [1.54, 1.807) is 6.92 Å². The first-order valence-electron chi connectivity index (χ1n) is 7.38. The topological polar surface area (TPSA) is 117 Å². The van der Waals surface area contributed by atoms with Crippen LogP contribution in [0.15, 0.2) is 41.2 Å². The molecule has 0 spiro atoms. The van der Waals surface area contributed by atoms with Gasteiger partial charge in [0.1, 0.15) is 6.61 Å². The third-order valence-electron chi connectivity index (χ3n) is 3.27. The molecular formula is C16H12N4O5S. The molecular weight excluding hydrogens is 360 g/mol. The number of carbonyl (C=O) groups excluding carboxylic acids is 1. The van der Waals surface area contributed by atoms with Crippen molar-refractivity contribution in [2.45, 2.75) is 13.5 Å². The summed E-state index contributed by atoms with van der Waals surface area (Å²) < 4.78 is 6.24. The molecule has 2 aromatic heterocycles. The Morgan fingerprint density at radius 2 is 2.12 bits per heavy atom. The van der Waals surface area contributed by atoms with Crippen LogP contribution in [0.1, 0.15) is 16.3 Å². The Balaban J connectivity index is 1.62. The van der Waals surface area contributed by atoms with Crippen LogP contribution in [-0.2, 0) is 16.1 Å². The van der Waals surface area contributed by atoms with Gasteiger partial charge in [-0.3, -0.25) is 14.9 Å². The maximum absolute atomic E-state index is 11.8. The zero-order valence-electron chi connectivity index (χ0n) is 13.5. The van der Waals surface area contributed by atoms with Gasteiger partial charge in [-0.15, -0.1) is 0 Å². The summed E-state index contributed by atoms with van der Waals surface area (Å²) in [7, 11) is 0. The average Bonchev–Trinajstić information content (AvgIpc) is 3.01. The van der Waals surface area contributed by atoms with E-state index in [-0.39, 0.29) is 17.9 Å². The van der Waals surface area contributed by atoms with Gasteiger partial charge in [0.25, 0.3) is 11.2 Å². The molecule has 0 saturated carbocycles. The minimum Gasteiger partial charge on any atom is -0.455 e. The fourth-order valence-corrected chi connectivity index (χ4v) is 2.93. The summed E-state index contributed by atoms with van der Waals surface area (Å²) in [5.41, 5.74) is 0.894. The Hall–Kier alpha value is -3.40. The Morgan fingerprint density at radius 3 is 2.81 bits per heavy atom. The van der Waals surface area contributed by atoms with Crippen LogP contribution in [0.25, 0.3) is 11.0 Å². The largest absolute Gasteiger partial charge is 0.455 e. The minimum atomic E-state index is -0.598. The summed E-state index contributed by atoms with van der Waals surface area (Å²) >= 11 is 1.16. The number of benzene rings is 1. The second kappa shape index (κ2) is 7.23. The van der Waals surface area contributed by atoms with E-state index in [0.29, 0.717) is 21.2 Å². The number of aryl methyl sites for hydroxylation is 1. The summed E-state index contributed by atoms with van der Waals surface area (Å²) in [6.07, 6.45) is 2.70. The fraction of sp³-hybridized carbons (Fsp3) is 0.125. The van der Waals surface area contributed by atoms with Crippen molar-refractivity contribution in [3.05, 3.63) is 73.1 Å². The van der Waals surface area contributed by atoms with Crippen LogP contribution in [-0.4, -0.2) is 25.5 Å². The van der Waals surface area contributed by atoms with Gasteiger partial charge in [-0.1, -0.05) is 11.3 Å². The normalized spacial score (nSPS) is 11.1. The van der Waals surface area contributed by atoms with Gasteiger partial charge in [-0.05, 0) is 30.7 Å². The maximum Gasteiger partial charge on any atom is 0.331 e. The van der Waals surface area contributed by atoms with Crippen molar-refractivity contribution in [1.29, 1.82) is 0 Å². The Kier molecular flexibility index (Phi) is 4.85. The maximum atomic E-state index is 11.8. The highest BCUT2D eigenvalue weighted by Gasteiger charge is 2.09. The number of hydrogen-bond acceptors (Lipinski definition) is 8. The highest BCUT2D eigenvalue weighted by molar-refractivity contribution is 7.16. The van der Waals surface area contributed by atoms with Crippen molar-refractivity contribution in [3.8, 4) is 0 Å². The van der Waals surface area contributed by atoms with Crippen LogP contribution in [0.3, 0.4) is 0 Å². The van der Waals surface area contributed by atoms with Crippen molar-refractivity contribution < 1.29 is 14.5 Å². The van der Waals surface area contributed by atoms with Crippen LogP contribution in [0.4, 0.5) is 5.69 Å². The molecule has 9 nitrogen and oxygen atoms in total. The van der Waals surface area contributed by atoms with Crippen LogP contribution in [0.2, 0.25) is 0 Å². The predicted octanol–water partition coefficient (Wildman–Crippen LogP) is 2.12. The molecule has 0 aliphatic carbocycles. The van der Waals surface area contributed by atoms with E-state index in [2.05, 4.69) is 10.1 Å². The van der Waals surface area contributed by atoms with Crippen molar-refractivity contribution in [1.82, 2.24) is 14.6 Å². The zero-order valence-corrected chi connectivity index (χ0v) is 14.3. The summed E-state index contributed by atoms with van der Waals surface area (Å²) in [6.45, 7) is 1.62. The van der Waals surface area contributed by atoms with E-state index in [0.717, 1.165) is 15.9 Å². The molecule has 0 aliphatic heterocycles. The Labute approximate surface area is 150 Å². The van der Waals surface area contributed by atoms with E-state index < -0.39 is 10.9 Å². The summed E-state index contributed by atoms with van der Waals surface area (Å²) in [5.74, 6) is -0.598. The number of aromatic nitrogens is 3. The first kappa shape index (κ1) is 17.4. The first-order valence-corrected chi connectivity index (χ1v) is 8.20. The van der Waals surface area contributed by atoms with Gasteiger partial charge in [0.05, 0.1) is 4.92 Å². The molecule has 0 radical (unpaired) electrons. The molecule has 132 valence electrons. The van der Waals surface area contributed by atoms with Crippen LogP contribution >= 0.6 is 11.3 Å². The second-order valence-corrected chi connectivity index (χ2v) is 6.26. The molecule has 0 amide bonds. The zero-order chi connectivity index (χ0) is 18.7. The fourth-order valence-electron chi connectivity index (χ4n) is 2.07. The van der Waals surface area contributed by atoms with Gasteiger partial charge in [0.2, 0.25) is 4.96 Å². The first-order chi connectivity index (χ1) is 12.4. The van der Waals surface area contributed by atoms with E-state index in [1.807, 2.05) is 0 Å². The summed E-state index contributed by atoms with van der Waals surface area (Å²) in [5, 5.41) is 15.1. The molecule has 26 heavy (non-hydrogen) atoms. The Bertz CT molecular complexity index is 1070. The molecule has 0 N–H and O–H groups in total.